The molecular weight excluding hydrogens is 364 g/mol. The highest BCUT2D eigenvalue weighted by Gasteiger charge is 2.59. The first-order valence-corrected chi connectivity index (χ1v) is 11.9. The van der Waals surface area contributed by atoms with Crippen LogP contribution in [0.25, 0.3) is 0 Å². The minimum atomic E-state index is -4.39. The molecule has 0 radical (unpaired) electrons. The summed E-state index contributed by atoms with van der Waals surface area (Å²) in [6.07, 6.45) is 9.69. The van der Waals surface area contributed by atoms with Gasteiger partial charge >= 0.3 is 10.4 Å². The van der Waals surface area contributed by atoms with E-state index in [4.69, 9.17) is 8.74 Å². The van der Waals surface area contributed by atoms with Gasteiger partial charge < -0.3 is 5.11 Å². The Bertz CT molecular complexity index is 729. The van der Waals surface area contributed by atoms with E-state index in [9.17, 15) is 13.5 Å². The number of rotatable bonds is 3. The molecule has 0 aromatic heterocycles. The second-order valence-electron chi connectivity index (χ2n) is 10.1. The topological polar surface area (TPSA) is 83.8 Å². The first-order chi connectivity index (χ1) is 12.5. The lowest BCUT2D eigenvalue weighted by Crippen LogP contribution is -2.51. The third-order valence-corrected chi connectivity index (χ3v) is 9.49. The van der Waals surface area contributed by atoms with Crippen molar-refractivity contribution in [2.24, 2.45) is 34.5 Å². The fourth-order valence-corrected chi connectivity index (χ4v) is 8.22. The van der Waals surface area contributed by atoms with Crippen molar-refractivity contribution >= 4 is 10.4 Å². The summed E-state index contributed by atoms with van der Waals surface area (Å²) in [5.41, 5.74) is 1.70. The van der Waals surface area contributed by atoms with Crippen LogP contribution in [0.2, 0.25) is 0 Å². The van der Waals surface area contributed by atoms with Gasteiger partial charge in [0.1, 0.15) is 0 Å². The molecule has 3 saturated carbocycles. The maximum absolute atomic E-state index is 11.1. The molecule has 2 N–H and O–H groups in total. The molecule has 154 valence electrons. The number of fused-ring (bicyclic) bond motifs is 5. The Hall–Kier alpha value is -0.430. The van der Waals surface area contributed by atoms with Crippen LogP contribution in [-0.4, -0.2) is 30.3 Å². The average Bonchev–Trinajstić information content (AvgIpc) is 2.91. The number of hydrogen-bond donors (Lipinski definition) is 2. The van der Waals surface area contributed by atoms with E-state index in [0.717, 1.165) is 19.3 Å². The van der Waals surface area contributed by atoms with E-state index < -0.39 is 16.5 Å². The van der Waals surface area contributed by atoms with Gasteiger partial charge in [0.2, 0.25) is 0 Å². The Morgan fingerprint density at radius 2 is 1.89 bits per heavy atom. The molecule has 0 aliphatic heterocycles. The van der Waals surface area contributed by atoms with Crippen LogP contribution < -0.4 is 0 Å². The summed E-state index contributed by atoms with van der Waals surface area (Å²) in [5.74, 6) is 2.40. The smallest absolute Gasteiger partial charge is 0.393 e. The number of aliphatic hydroxyl groups excluding tert-OH is 1. The molecule has 5 nitrogen and oxygen atoms in total. The van der Waals surface area contributed by atoms with E-state index in [0.29, 0.717) is 36.5 Å². The predicted octanol–water partition coefficient (Wildman–Crippen LogP) is 4.13. The lowest BCUT2D eigenvalue weighted by molar-refractivity contribution is -0.0666. The molecule has 0 amide bonds. The Morgan fingerprint density at radius 1 is 1.15 bits per heavy atom. The van der Waals surface area contributed by atoms with Gasteiger partial charge in [-0.15, -0.1) is 0 Å². The van der Waals surface area contributed by atoms with E-state index in [1.807, 2.05) is 6.92 Å². The number of hydrogen-bond acceptors (Lipinski definition) is 4. The molecule has 0 saturated heterocycles. The van der Waals surface area contributed by atoms with Crippen molar-refractivity contribution in [1.82, 2.24) is 0 Å². The minimum absolute atomic E-state index is 0.117. The Morgan fingerprint density at radius 3 is 2.56 bits per heavy atom. The van der Waals surface area contributed by atoms with Gasteiger partial charge in [-0.3, -0.25) is 4.55 Å². The lowest BCUT2D eigenvalue weighted by atomic mass is 9.47. The van der Waals surface area contributed by atoms with E-state index >= 15 is 0 Å². The molecule has 0 heterocycles. The van der Waals surface area contributed by atoms with E-state index in [1.54, 1.807) is 0 Å². The maximum Gasteiger partial charge on any atom is 0.397 e. The largest absolute Gasteiger partial charge is 0.397 e. The summed E-state index contributed by atoms with van der Waals surface area (Å²) in [6, 6.07) is 0. The Labute approximate surface area is 163 Å². The molecule has 27 heavy (non-hydrogen) atoms. The van der Waals surface area contributed by atoms with Crippen molar-refractivity contribution in [3.63, 3.8) is 0 Å². The van der Waals surface area contributed by atoms with Crippen LogP contribution in [0.1, 0.15) is 72.1 Å². The van der Waals surface area contributed by atoms with Crippen molar-refractivity contribution in [2.75, 3.05) is 0 Å². The molecule has 0 aromatic carbocycles. The molecular formula is C21H34O5S. The zero-order chi connectivity index (χ0) is 19.6. The highest BCUT2D eigenvalue weighted by Crippen LogP contribution is 2.66. The van der Waals surface area contributed by atoms with Crippen LogP contribution in [0.3, 0.4) is 0 Å². The van der Waals surface area contributed by atoms with E-state index in [2.05, 4.69) is 19.9 Å². The van der Waals surface area contributed by atoms with E-state index in [-0.39, 0.29) is 16.9 Å². The van der Waals surface area contributed by atoms with Crippen LogP contribution in [0.4, 0.5) is 0 Å². The van der Waals surface area contributed by atoms with Crippen molar-refractivity contribution in [3.8, 4) is 0 Å². The lowest BCUT2D eigenvalue weighted by Gasteiger charge is -2.58. The van der Waals surface area contributed by atoms with Crippen LogP contribution in [0.5, 0.6) is 0 Å². The summed E-state index contributed by atoms with van der Waals surface area (Å²) in [6.45, 7) is 6.74. The third kappa shape index (κ3) is 3.21. The molecule has 4 rings (SSSR count). The van der Waals surface area contributed by atoms with Gasteiger partial charge in [0.05, 0.1) is 12.2 Å². The first kappa shape index (κ1) is 19.9. The van der Waals surface area contributed by atoms with Crippen molar-refractivity contribution in [1.29, 1.82) is 0 Å². The Balaban J connectivity index is 1.57. The quantitative estimate of drug-likeness (QED) is 0.551. The zero-order valence-electron chi connectivity index (χ0n) is 16.7. The normalized spacial score (nSPS) is 48.2. The highest BCUT2D eigenvalue weighted by atomic mass is 32.3. The summed E-state index contributed by atoms with van der Waals surface area (Å²) < 4.78 is 36.1. The molecule has 0 unspecified atom stereocenters. The molecule has 6 heteroatoms. The van der Waals surface area contributed by atoms with Gasteiger partial charge in [0.25, 0.3) is 0 Å². The molecule has 4 aliphatic carbocycles. The number of aliphatic hydroxyl groups is 1. The van der Waals surface area contributed by atoms with Crippen molar-refractivity contribution < 1.29 is 22.3 Å². The summed E-state index contributed by atoms with van der Waals surface area (Å²) >= 11 is 0. The second-order valence-corrected chi connectivity index (χ2v) is 11.2. The molecule has 4 aliphatic rings. The first-order valence-electron chi connectivity index (χ1n) is 10.6. The second kappa shape index (κ2) is 6.54. The molecule has 0 bridgehead atoms. The molecule has 0 spiro atoms. The van der Waals surface area contributed by atoms with Gasteiger partial charge in [-0.1, -0.05) is 25.5 Å². The molecule has 3 fully saturated rings. The van der Waals surface area contributed by atoms with Gasteiger partial charge in [0, 0.05) is 0 Å². The highest BCUT2D eigenvalue weighted by molar-refractivity contribution is 7.80. The number of allylic oxidation sites excluding steroid dienone is 1. The Kier molecular flexibility index (Phi) is 4.81. The molecule has 0 aromatic rings. The fourth-order valence-electron chi connectivity index (χ4n) is 7.71. The summed E-state index contributed by atoms with van der Waals surface area (Å²) in [4.78, 5) is 0. The molecule has 8 atom stereocenters. The summed E-state index contributed by atoms with van der Waals surface area (Å²) in [7, 11) is -4.39. The van der Waals surface area contributed by atoms with Crippen LogP contribution in [0.15, 0.2) is 11.6 Å². The van der Waals surface area contributed by atoms with Gasteiger partial charge in [-0.25, -0.2) is 4.18 Å². The monoisotopic (exact) mass is 398 g/mol. The maximum atomic E-state index is 11.1. The van der Waals surface area contributed by atoms with Crippen LogP contribution in [-0.2, 0) is 14.6 Å². The van der Waals surface area contributed by atoms with Gasteiger partial charge in [-0.05, 0) is 92.8 Å². The fraction of sp³-hybridized carbons (Fsp3) is 0.905. The minimum Gasteiger partial charge on any atom is -0.393 e. The van der Waals surface area contributed by atoms with Crippen molar-refractivity contribution in [2.45, 2.75) is 84.3 Å². The van der Waals surface area contributed by atoms with Crippen molar-refractivity contribution in [3.05, 3.63) is 11.6 Å². The zero-order valence-corrected chi connectivity index (χ0v) is 17.5. The van der Waals surface area contributed by atoms with E-state index in [1.165, 1.54) is 24.8 Å². The van der Waals surface area contributed by atoms with Crippen LogP contribution >= 0.6 is 0 Å². The standard InChI is InChI=1S/C21H34O5S/c1-13(22)17-6-7-18-16-5-4-14-12-15(26-27(23,24)25)8-10-20(14,2)19(16)9-11-21(17,18)3/h4,13,15-19,22H,5-12H2,1-3H3,(H,23,24,25)/t13-,15-,16-,17+,18-,19-,20-,21+/m0/s1. The van der Waals surface area contributed by atoms with Gasteiger partial charge in [-0.2, -0.15) is 8.42 Å². The summed E-state index contributed by atoms with van der Waals surface area (Å²) in [5, 5.41) is 10.3. The average molecular weight is 399 g/mol. The third-order valence-electron chi connectivity index (χ3n) is 8.97. The van der Waals surface area contributed by atoms with Crippen LogP contribution in [0, 0.1) is 34.5 Å². The predicted molar refractivity (Wildman–Crippen MR) is 103 cm³/mol. The SMILES string of the molecule is C[C@H](O)[C@H]1CC[C@H]2[C@@H]3CC=C4C[C@@H](OS(=O)(=O)O)CC[C@]4(C)[C@H]3CC[C@]12C. The van der Waals surface area contributed by atoms with Gasteiger partial charge in [0.15, 0.2) is 0 Å².